The summed E-state index contributed by atoms with van der Waals surface area (Å²) >= 11 is 0. The predicted octanol–water partition coefficient (Wildman–Crippen LogP) is 5.40. The number of ketones is 1. The molecule has 0 spiro atoms. The Hall–Kier alpha value is -1.50. The number of rotatable bonds is 7. The molecule has 0 saturated carbocycles. The minimum atomic E-state index is -1.79. The van der Waals surface area contributed by atoms with Crippen molar-refractivity contribution in [3.63, 3.8) is 0 Å². The van der Waals surface area contributed by atoms with E-state index in [9.17, 15) is 4.79 Å². The van der Waals surface area contributed by atoms with E-state index in [2.05, 4.69) is 63.5 Å². The van der Waals surface area contributed by atoms with Crippen molar-refractivity contribution in [3.05, 3.63) is 65.7 Å². The molecule has 134 valence electrons. The van der Waals surface area contributed by atoms with E-state index >= 15 is 0 Å². The average Bonchev–Trinajstić information content (AvgIpc) is 2.53. The van der Waals surface area contributed by atoms with Crippen molar-refractivity contribution < 1.29 is 9.22 Å². The van der Waals surface area contributed by atoms with Crippen LogP contribution in [0, 0.1) is 0 Å². The predicted molar refractivity (Wildman–Crippen MR) is 112 cm³/mol. The Kier molecular flexibility index (Phi) is 6.19. The summed E-state index contributed by atoms with van der Waals surface area (Å²) in [5.74, 6) is 0.147. The summed E-state index contributed by atoms with van der Waals surface area (Å²) in [6, 6.07) is 18.1. The van der Waals surface area contributed by atoms with E-state index in [1.54, 1.807) is 0 Å². The lowest BCUT2D eigenvalue weighted by Crippen LogP contribution is -2.42. The van der Waals surface area contributed by atoms with Gasteiger partial charge in [-0.05, 0) is 25.2 Å². The molecule has 0 aliphatic carbocycles. The molecule has 1 atom stereocenters. The van der Waals surface area contributed by atoms with Gasteiger partial charge in [-0.15, -0.1) is 0 Å². The Morgan fingerprint density at radius 2 is 1.44 bits per heavy atom. The van der Waals surface area contributed by atoms with Crippen LogP contribution in [0.2, 0.25) is 39.3 Å². The minimum Gasteiger partial charge on any atom is -0.410 e. The fourth-order valence-corrected chi connectivity index (χ4v) is 5.78. The standard InChI is InChI=1S/C21H30O2Si2/c1-24(2,3)21-15-11-10-14-18(21)20(23-25(4,5)6)16-19(22)17-12-8-7-9-13-17/h7-15,20H,16H2,1-6H3/t20-/m0/s1. The summed E-state index contributed by atoms with van der Waals surface area (Å²) < 4.78 is 6.49. The Morgan fingerprint density at radius 3 is 2.00 bits per heavy atom. The largest absolute Gasteiger partial charge is 0.410 e. The second kappa shape index (κ2) is 7.81. The van der Waals surface area contributed by atoms with Crippen LogP contribution in [-0.2, 0) is 4.43 Å². The fourth-order valence-electron chi connectivity index (χ4n) is 3.01. The topological polar surface area (TPSA) is 26.3 Å². The molecule has 0 aliphatic rings. The first-order chi connectivity index (χ1) is 11.6. The van der Waals surface area contributed by atoms with Crippen molar-refractivity contribution in [3.8, 4) is 0 Å². The van der Waals surface area contributed by atoms with Gasteiger partial charge in [0.05, 0.1) is 14.2 Å². The van der Waals surface area contributed by atoms with Crippen molar-refractivity contribution in [2.75, 3.05) is 0 Å². The van der Waals surface area contributed by atoms with Crippen molar-refractivity contribution in [2.24, 2.45) is 0 Å². The maximum atomic E-state index is 12.8. The van der Waals surface area contributed by atoms with Gasteiger partial charge in [0.25, 0.3) is 0 Å². The van der Waals surface area contributed by atoms with Gasteiger partial charge in [0, 0.05) is 12.0 Å². The summed E-state index contributed by atoms with van der Waals surface area (Å²) in [4.78, 5) is 12.8. The summed E-state index contributed by atoms with van der Waals surface area (Å²) in [7, 11) is -3.31. The molecule has 0 aromatic heterocycles. The Labute approximate surface area is 154 Å². The van der Waals surface area contributed by atoms with Crippen LogP contribution in [0.15, 0.2) is 54.6 Å². The molecule has 0 saturated heterocycles. The lowest BCUT2D eigenvalue weighted by molar-refractivity contribution is 0.0901. The molecule has 0 unspecified atom stereocenters. The lowest BCUT2D eigenvalue weighted by Gasteiger charge is -2.31. The average molecular weight is 371 g/mol. The third-order valence-corrected chi connectivity index (χ3v) is 7.14. The molecule has 0 aliphatic heterocycles. The molecule has 25 heavy (non-hydrogen) atoms. The van der Waals surface area contributed by atoms with Crippen LogP contribution in [0.1, 0.15) is 28.4 Å². The Balaban J connectivity index is 2.39. The van der Waals surface area contributed by atoms with E-state index < -0.39 is 16.4 Å². The van der Waals surface area contributed by atoms with Gasteiger partial charge in [-0.1, -0.05) is 79.4 Å². The van der Waals surface area contributed by atoms with Gasteiger partial charge in [-0.2, -0.15) is 0 Å². The van der Waals surface area contributed by atoms with Gasteiger partial charge in [0.2, 0.25) is 0 Å². The zero-order valence-corrected chi connectivity index (χ0v) is 18.3. The summed E-state index contributed by atoms with van der Waals surface area (Å²) in [5, 5.41) is 1.39. The van der Waals surface area contributed by atoms with Gasteiger partial charge >= 0.3 is 0 Å². The van der Waals surface area contributed by atoms with E-state index in [-0.39, 0.29) is 11.9 Å². The number of hydrogen-bond acceptors (Lipinski definition) is 2. The van der Waals surface area contributed by atoms with Crippen molar-refractivity contribution in [2.45, 2.75) is 51.8 Å². The molecule has 0 fully saturated rings. The molecular weight excluding hydrogens is 340 g/mol. The molecular formula is C21H30O2Si2. The SMILES string of the molecule is C[Si](C)(C)O[C@@H](CC(=O)c1ccccc1)c1ccccc1[Si](C)(C)C. The molecule has 4 heteroatoms. The van der Waals surface area contributed by atoms with E-state index in [1.165, 1.54) is 10.8 Å². The molecule has 2 rings (SSSR count). The molecule has 0 heterocycles. The second-order valence-electron chi connectivity index (χ2n) is 8.55. The number of carbonyl (C=O) groups is 1. The van der Waals surface area contributed by atoms with E-state index in [0.29, 0.717) is 6.42 Å². The number of benzene rings is 2. The second-order valence-corrected chi connectivity index (χ2v) is 18.0. The third-order valence-electron chi connectivity index (χ3n) is 4.08. The van der Waals surface area contributed by atoms with Crippen molar-refractivity contribution in [1.29, 1.82) is 0 Å². The van der Waals surface area contributed by atoms with Gasteiger partial charge in [-0.25, -0.2) is 0 Å². The zero-order valence-electron chi connectivity index (χ0n) is 16.3. The summed E-state index contributed by atoms with van der Waals surface area (Å²) in [6.45, 7) is 13.6. The molecule has 0 N–H and O–H groups in total. The molecule has 2 aromatic rings. The minimum absolute atomic E-state index is 0.147. The maximum absolute atomic E-state index is 12.8. The third kappa shape index (κ3) is 5.77. The molecule has 0 amide bonds. The first-order valence-corrected chi connectivity index (χ1v) is 15.8. The lowest BCUT2D eigenvalue weighted by atomic mass is 10.0. The van der Waals surface area contributed by atoms with Crippen LogP contribution in [0.4, 0.5) is 0 Å². The molecule has 0 bridgehead atoms. The quantitative estimate of drug-likeness (QED) is 0.482. The van der Waals surface area contributed by atoms with Crippen LogP contribution in [-0.4, -0.2) is 22.2 Å². The van der Waals surface area contributed by atoms with Gasteiger partial charge in [0.1, 0.15) is 0 Å². The van der Waals surface area contributed by atoms with Crippen LogP contribution in [0.3, 0.4) is 0 Å². The number of hydrogen-bond donors (Lipinski definition) is 0. The normalized spacial score (nSPS) is 13.5. The van der Waals surface area contributed by atoms with Gasteiger partial charge < -0.3 is 4.43 Å². The van der Waals surface area contributed by atoms with Gasteiger partial charge in [0.15, 0.2) is 14.1 Å². The van der Waals surface area contributed by atoms with Crippen molar-refractivity contribution >= 4 is 27.4 Å². The summed E-state index contributed by atoms with van der Waals surface area (Å²) in [5.41, 5.74) is 1.96. The highest BCUT2D eigenvalue weighted by Crippen LogP contribution is 2.27. The Bertz CT molecular complexity index is 713. The van der Waals surface area contributed by atoms with E-state index in [0.717, 1.165) is 5.56 Å². The van der Waals surface area contributed by atoms with Crippen LogP contribution in [0.5, 0.6) is 0 Å². The maximum Gasteiger partial charge on any atom is 0.184 e. The highest BCUT2D eigenvalue weighted by atomic mass is 28.4. The van der Waals surface area contributed by atoms with Crippen molar-refractivity contribution in [1.82, 2.24) is 0 Å². The van der Waals surface area contributed by atoms with E-state index in [4.69, 9.17) is 4.43 Å². The summed E-state index contributed by atoms with van der Waals surface area (Å²) in [6.07, 6.45) is 0.234. The number of Topliss-reactive ketones (excluding diaryl/α,β-unsaturated/α-hetero) is 1. The first-order valence-electron chi connectivity index (χ1n) is 8.93. The zero-order chi connectivity index (χ0) is 18.7. The van der Waals surface area contributed by atoms with Crippen LogP contribution in [0.25, 0.3) is 0 Å². The number of carbonyl (C=O) groups excluding carboxylic acids is 1. The molecule has 2 nitrogen and oxygen atoms in total. The fraction of sp³-hybridized carbons (Fsp3) is 0.381. The molecule has 0 radical (unpaired) electrons. The molecule has 2 aromatic carbocycles. The van der Waals surface area contributed by atoms with Gasteiger partial charge in [-0.3, -0.25) is 4.79 Å². The monoisotopic (exact) mass is 370 g/mol. The Morgan fingerprint density at radius 1 is 0.880 bits per heavy atom. The van der Waals surface area contributed by atoms with E-state index in [1.807, 2.05) is 30.3 Å². The first kappa shape index (κ1) is 19.8. The highest BCUT2D eigenvalue weighted by molar-refractivity contribution is 6.89. The van der Waals surface area contributed by atoms with Crippen LogP contribution >= 0.6 is 0 Å². The highest BCUT2D eigenvalue weighted by Gasteiger charge is 2.29. The van der Waals surface area contributed by atoms with Crippen LogP contribution < -0.4 is 5.19 Å². The smallest absolute Gasteiger partial charge is 0.184 e.